The Labute approximate surface area is 301 Å². The van der Waals surface area contributed by atoms with Gasteiger partial charge in [0.25, 0.3) is 0 Å². The third-order valence-corrected chi connectivity index (χ3v) is 10.3. The van der Waals surface area contributed by atoms with Crippen LogP contribution >= 0.6 is 0 Å². The molecule has 4 nitrogen and oxygen atoms in total. The average Bonchev–Trinajstić information content (AvgIpc) is 3.38. The Bertz CT molecular complexity index is 1970. The van der Waals surface area contributed by atoms with Gasteiger partial charge in [-0.2, -0.15) is 0 Å². The number of fused-ring (bicyclic) bond motifs is 6. The van der Waals surface area contributed by atoms with E-state index in [0.29, 0.717) is 0 Å². The van der Waals surface area contributed by atoms with E-state index in [9.17, 15) is 9.90 Å². The number of hydrogen-bond donors (Lipinski definition) is 1. The molecule has 0 bridgehead atoms. The van der Waals surface area contributed by atoms with E-state index >= 15 is 0 Å². The maximum Gasteiger partial charge on any atom is 0.162 e. The van der Waals surface area contributed by atoms with Crippen molar-refractivity contribution in [1.82, 2.24) is 9.55 Å². The van der Waals surface area contributed by atoms with Gasteiger partial charge in [-0.05, 0) is 75.5 Å². The summed E-state index contributed by atoms with van der Waals surface area (Å²) in [6.45, 7) is 22.0. The van der Waals surface area contributed by atoms with Crippen LogP contribution in [0.2, 0.25) is 0 Å². The molecule has 3 heterocycles. The fourth-order valence-corrected chi connectivity index (χ4v) is 7.50. The van der Waals surface area contributed by atoms with E-state index in [-0.39, 0.29) is 54.4 Å². The Kier molecular flexibility index (Phi) is 11.5. The molecule has 0 atom stereocenters. The number of rotatable bonds is 8. The van der Waals surface area contributed by atoms with Crippen LogP contribution in [0.25, 0.3) is 43.8 Å². The number of pyridine rings is 1. The Balaban J connectivity index is 0.000000279. The number of carbonyl (C=O) groups excluding carboxylic acids is 1. The van der Waals surface area contributed by atoms with Crippen LogP contribution in [-0.4, -0.2) is 20.4 Å². The molecule has 257 valence electrons. The number of allylic oxidation sites excluding steroid dienone is 2. The summed E-state index contributed by atoms with van der Waals surface area (Å²) in [6, 6.07) is 21.5. The number of benzene rings is 3. The molecule has 5 aromatic rings. The van der Waals surface area contributed by atoms with Crippen LogP contribution in [0.4, 0.5) is 0 Å². The molecule has 0 spiro atoms. The fourth-order valence-electron chi connectivity index (χ4n) is 7.50. The first kappa shape index (κ1) is 37.5. The first-order valence-corrected chi connectivity index (χ1v) is 17.6. The van der Waals surface area contributed by atoms with E-state index in [1.807, 2.05) is 33.9 Å². The zero-order valence-electron chi connectivity index (χ0n) is 30.5. The number of ketones is 1. The van der Waals surface area contributed by atoms with E-state index in [4.69, 9.17) is 4.98 Å². The summed E-state index contributed by atoms with van der Waals surface area (Å²) in [5.41, 5.74) is 8.93. The van der Waals surface area contributed by atoms with Crippen LogP contribution in [-0.2, 0) is 36.9 Å². The predicted molar refractivity (Wildman–Crippen MR) is 199 cm³/mol. The Hall–Kier alpha value is -3.27. The summed E-state index contributed by atoms with van der Waals surface area (Å²) >= 11 is 0. The first-order chi connectivity index (χ1) is 22.3. The number of nitrogens with zero attached hydrogens (tertiary/aromatic N) is 2. The van der Waals surface area contributed by atoms with Gasteiger partial charge < -0.3 is 9.67 Å². The monoisotopic (exact) mass is 822 g/mol. The molecular formula is C43H53IrN2O2-. The zero-order chi connectivity index (χ0) is 34.3. The minimum absolute atomic E-state index is 0. The SMILES string of the molecule is CCC(CC)C(=O)/C=C(\O)C(CC)CC.Cc1c(CC(C)(C)C)ccc2c3ccnc4c3n(c12)C(C)(C)c1cc2ccccc2[c-]c1-4.[Ir]. The quantitative estimate of drug-likeness (QED) is 0.0964. The minimum atomic E-state index is -0.211. The summed E-state index contributed by atoms with van der Waals surface area (Å²) in [5, 5.41) is 14.8. The second-order valence-electron chi connectivity index (χ2n) is 15.1. The Morgan fingerprint density at radius 2 is 1.56 bits per heavy atom. The van der Waals surface area contributed by atoms with Crippen LogP contribution in [0.1, 0.15) is 105 Å². The molecule has 0 amide bonds. The molecule has 1 aliphatic heterocycles. The Morgan fingerprint density at radius 3 is 2.19 bits per heavy atom. The number of aromatic nitrogens is 2. The van der Waals surface area contributed by atoms with Gasteiger partial charge in [0.2, 0.25) is 0 Å². The van der Waals surface area contributed by atoms with Crippen molar-refractivity contribution in [2.75, 3.05) is 0 Å². The van der Waals surface area contributed by atoms with Gasteiger partial charge in [0, 0.05) is 71.7 Å². The molecule has 0 unspecified atom stereocenters. The normalized spacial score (nSPS) is 13.9. The predicted octanol–water partition coefficient (Wildman–Crippen LogP) is 11.7. The maximum absolute atomic E-state index is 11.7. The summed E-state index contributed by atoms with van der Waals surface area (Å²) < 4.78 is 2.56. The molecule has 0 aliphatic carbocycles. The van der Waals surface area contributed by atoms with Gasteiger partial charge in [0.15, 0.2) is 5.78 Å². The summed E-state index contributed by atoms with van der Waals surface area (Å²) in [5.74, 6) is 0.547. The van der Waals surface area contributed by atoms with Gasteiger partial charge in [-0.15, -0.1) is 23.6 Å². The molecule has 3 aromatic carbocycles. The summed E-state index contributed by atoms with van der Waals surface area (Å²) in [7, 11) is 0. The van der Waals surface area contributed by atoms with Crippen LogP contribution in [0.15, 0.2) is 66.6 Å². The van der Waals surface area contributed by atoms with E-state index in [0.717, 1.165) is 48.7 Å². The smallest absolute Gasteiger partial charge is 0.162 e. The maximum atomic E-state index is 11.7. The van der Waals surface area contributed by atoms with Gasteiger partial charge in [0.1, 0.15) is 0 Å². The van der Waals surface area contributed by atoms with Crippen LogP contribution in [0.3, 0.4) is 0 Å². The van der Waals surface area contributed by atoms with Crippen molar-refractivity contribution < 1.29 is 30.0 Å². The van der Waals surface area contributed by atoms with E-state index < -0.39 is 0 Å². The second kappa shape index (κ2) is 14.7. The standard InChI is InChI=1S/C30H29N2.C13H24O2.Ir/c1-18-21(17-29(2,3)4)11-12-22-23-13-14-31-26-24-15-19-9-7-8-10-20(19)16-25(24)30(5,6)32(27(18)22)28(23)26;1-5-10(6-2)12(14)9-13(15)11(7-3)8-4;/h7-14,16H,17H2,1-6H3;9-11,14H,5-8H2,1-4H3;/q-1;;/b;12-9-;. The average molecular weight is 822 g/mol. The number of aliphatic hydroxyl groups is 1. The van der Waals surface area contributed by atoms with Crippen LogP contribution in [0, 0.1) is 30.2 Å². The summed E-state index contributed by atoms with van der Waals surface area (Å²) in [6.07, 6.45) is 7.94. The van der Waals surface area contributed by atoms with E-state index in [1.54, 1.807) is 0 Å². The molecule has 5 heteroatoms. The number of aryl methyl sites for hydroxylation is 1. The minimum Gasteiger partial charge on any atom is -0.512 e. The molecule has 2 aromatic heterocycles. The van der Waals surface area contributed by atoms with Crippen molar-refractivity contribution in [1.29, 1.82) is 0 Å². The van der Waals surface area contributed by atoms with E-state index in [2.05, 4.69) is 101 Å². The van der Waals surface area contributed by atoms with Crippen molar-refractivity contribution in [2.45, 2.75) is 107 Å². The third kappa shape index (κ3) is 6.92. The fraction of sp³-hybridized carbons (Fsp3) is 0.442. The van der Waals surface area contributed by atoms with Gasteiger partial charge in [-0.25, -0.2) is 0 Å². The molecule has 0 fully saturated rings. The van der Waals surface area contributed by atoms with Gasteiger partial charge in [-0.1, -0.05) is 95.3 Å². The van der Waals surface area contributed by atoms with Crippen LogP contribution < -0.4 is 0 Å². The molecule has 48 heavy (non-hydrogen) atoms. The van der Waals surface area contributed by atoms with Crippen molar-refractivity contribution in [3.05, 3.63) is 89.3 Å². The molecule has 0 saturated carbocycles. The largest absolute Gasteiger partial charge is 0.512 e. The van der Waals surface area contributed by atoms with Crippen molar-refractivity contribution in [3.8, 4) is 11.3 Å². The van der Waals surface area contributed by atoms with Gasteiger partial charge in [0.05, 0.1) is 11.3 Å². The number of hydrogen-bond acceptors (Lipinski definition) is 3. The third-order valence-electron chi connectivity index (χ3n) is 10.3. The molecule has 0 saturated heterocycles. The first-order valence-electron chi connectivity index (χ1n) is 17.6. The van der Waals surface area contributed by atoms with Crippen LogP contribution in [0.5, 0.6) is 0 Å². The van der Waals surface area contributed by atoms with Crippen molar-refractivity contribution >= 4 is 38.4 Å². The van der Waals surface area contributed by atoms with Crippen molar-refractivity contribution in [2.24, 2.45) is 17.3 Å². The molecular weight excluding hydrogens is 769 g/mol. The number of aliphatic hydroxyl groups excluding tert-OH is 1. The molecule has 1 aliphatic rings. The van der Waals surface area contributed by atoms with Crippen molar-refractivity contribution in [3.63, 3.8) is 0 Å². The Morgan fingerprint density at radius 1 is 0.938 bits per heavy atom. The molecule has 6 rings (SSSR count). The van der Waals surface area contributed by atoms with E-state index in [1.165, 1.54) is 50.0 Å². The van der Waals surface area contributed by atoms with Gasteiger partial charge >= 0.3 is 0 Å². The zero-order valence-corrected chi connectivity index (χ0v) is 32.9. The van der Waals surface area contributed by atoms with Gasteiger partial charge in [-0.3, -0.25) is 9.78 Å². The topological polar surface area (TPSA) is 55.1 Å². The summed E-state index contributed by atoms with van der Waals surface area (Å²) in [4.78, 5) is 16.6. The second-order valence-corrected chi connectivity index (χ2v) is 15.1. The molecule has 1 N–H and O–H groups in total. The molecule has 1 radical (unpaired) electrons. The number of carbonyl (C=O) groups is 1.